The van der Waals surface area contributed by atoms with Crippen molar-refractivity contribution in [3.63, 3.8) is 0 Å². The Morgan fingerprint density at radius 3 is 2.96 bits per heavy atom. The molecule has 23 heavy (non-hydrogen) atoms. The molecule has 1 N–H and O–H groups in total. The Balaban J connectivity index is 1.66. The lowest BCUT2D eigenvalue weighted by molar-refractivity contribution is -0.117. The highest BCUT2D eigenvalue weighted by molar-refractivity contribution is 6.33. The number of carbonyl (C=O) groups is 1. The number of rotatable bonds is 4. The molecule has 1 fully saturated rings. The Morgan fingerprint density at radius 1 is 1.43 bits per heavy atom. The van der Waals surface area contributed by atoms with Gasteiger partial charge < -0.3 is 9.88 Å². The normalized spacial score (nSPS) is 18.3. The van der Waals surface area contributed by atoms with Gasteiger partial charge in [-0.2, -0.15) is 0 Å². The zero-order valence-electron chi connectivity index (χ0n) is 12.9. The fraction of sp³-hybridized carbons (Fsp3) is 0.353. The van der Waals surface area contributed by atoms with Gasteiger partial charge in [0.2, 0.25) is 5.91 Å². The summed E-state index contributed by atoms with van der Waals surface area (Å²) in [6.45, 7) is 1.18. The van der Waals surface area contributed by atoms with Crippen LogP contribution in [0.15, 0.2) is 36.5 Å². The molecule has 1 aliphatic heterocycles. The van der Waals surface area contributed by atoms with Gasteiger partial charge in [0.15, 0.2) is 0 Å². The molecule has 1 saturated heterocycles. The summed E-state index contributed by atoms with van der Waals surface area (Å²) < 4.78 is 15.1. The molecule has 122 valence electrons. The van der Waals surface area contributed by atoms with E-state index in [-0.39, 0.29) is 17.0 Å². The van der Waals surface area contributed by atoms with Crippen LogP contribution < -0.4 is 5.32 Å². The SMILES string of the molecule is Cn1cccc1[C@@H]1CCCN1CC(=O)Nc1ccc(F)cc1Cl. The molecule has 1 atom stereocenters. The molecular formula is C17H19ClFN3O. The molecule has 2 heterocycles. The lowest BCUT2D eigenvalue weighted by Crippen LogP contribution is -2.33. The highest BCUT2D eigenvalue weighted by Gasteiger charge is 2.29. The lowest BCUT2D eigenvalue weighted by Gasteiger charge is -2.24. The van der Waals surface area contributed by atoms with Crippen LogP contribution in [0.3, 0.4) is 0 Å². The van der Waals surface area contributed by atoms with Crippen molar-refractivity contribution in [2.45, 2.75) is 18.9 Å². The van der Waals surface area contributed by atoms with E-state index >= 15 is 0 Å². The summed E-state index contributed by atoms with van der Waals surface area (Å²) in [5, 5.41) is 2.97. The van der Waals surface area contributed by atoms with Crippen LogP contribution in [0, 0.1) is 5.82 Å². The van der Waals surface area contributed by atoms with Gasteiger partial charge >= 0.3 is 0 Å². The largest absolute Gasteiger partial charge is 0.353 e. The van der Waals surface area contributed by atoms with E-state index in [1.54, 1.807) is 0 Å². The van der Waals surface area contributed by atoms with Gasteiger partial charge in [0, 0.05) is 18.9 Å². The van der Waals surface area contributed by atoms with Crippen molar-refractivity contribution in [2.75, 3.05) is 18.4 Å². The van der Waals surface area contributed by atoms with E-state index in [2.05, 4.69) is 20.9 Å². The maximum absolute atomic E-state index is 13.1. The summed E-state index contributed by atoms with van der Waals surface area (Å²) in [4.78, 5) is 14.5. The van der Waals surface area contributed by atoms with Gasteiger partial charge in [0.25, 0.3) is 0 Å². The number of anilines is 1. The summed E-state index contributed by atoms with van der Waals surface area (Å²) in [6.07, 6.45) is 4.13. The van der Waals surface area contributed by atoms with Crippen molar-refractivity contribution >= 4 is 23.2 Å². The summed E-state index contributed by atoms with van der Waals surface area (Å²) in [7, 11) is 2.02. The van der Waals surface area contributed by atoms with Crippen LogP contribution in [0.2, 0.25) is 5.02 Å². The number of hydrogen-bond donors (Lipinski definition) is 1. The fourth-order valence-electron chi connectivity index (χ4n) is 3.14. The van der Waals surface area contributed by atoms with E-state index in [1.165, 1.54) is 23.9 Å². The molecular weight excluding hydrogens is 317 g/mol. The first-order valence-electron chi connectivity index (χ1n) is 7.65. The molecule has 0 saturated carbocycles. The monoisotopic (exact) mass is 335 g/mol. The van der Waals surface area contributed by atoms with Crippen LogP contribution in [-0.2, 0) is 11.8 Å². The quantitative estimate of drug-likeness (QED) is 0.927. The number of halogens is 2. The van der Waals surface area contributed by atoms with Gasteiger partial charge in [-0.3, -0.25) is 9.69 Å². The van der Waals surface area contributed by atoms with Gasteiger partial charge in [0.05, 0.1) is 23.3 Å². The van der Waals surface area contributed by atoms with Crippen LogP contribution in [0.1, 0.15) is 24.6 Å². The number of nitrogens with zero attached hydrogens (tertiary/aromatic N) is 2. The minimum absolute atomic E-state index is 0.139. The van der Waals surface area contributed by atoms with Crippen molar-refractivity contribution in [2.24, 2.45) is 7.05 Å². The Kier molecular flexibility index (Phi) is 4.68. The first kappa shape index (κ1) is 16.0. The van der Waals surface area contributed by atoms with E-state index in [9.17, 15) is 9.18 Å². The molecule has 2 aromatic rings. The van der Waals surface area contributed by atoms with Crippen molar-refractivity contribution in [3.8, 4) is 0 Å². The molecule has 0 spiro atoms. The highest BCUT2D eigenvalue weighted by atomic mass is 35.5. The Bertz CT molecular complexity index is 716. The Morgan fingerprint density at radius 2 is 2.26 bits per heavy atom. The number of likely N-dealkylation sites (tertiary alicyclic amines) is 1. The second kappa shape index (κ2) is 6.72. The third-order valence-electron chi connectivity index (χ3n) is 4.24. The number of aryl methyl sites for hydroxylation is 1. The van der Waals surface area contributed by atoms with Gasteiger partial charge in [-0.05, 0) is 49.7 Å². The third-order valence-corrected chi connectivity index (χ3v) is 4.55. The maximum atomic E-state index is 13.1. The van der Waals surface area contributed by atoms with Crippen molar-refractivity contribution in [1.29, 1.82) is 0 Å². The molecule has 4 nitrogen and oxygen atoms in total. The van der Waals surface area contributed by atoms with E-state index in [0.29, 0.717) is 12.2 Å². The van der Waals surface area contributed by atoms with Crippen molar-refractivity contribution < 1.29 is 9.18 Å². The number of amides is 1. The molecule has 0 aliphatic carbocycles. The Labute approximate surface area is 139 Å². The van der Waals surface area contributed by atoms with Gasteiger partial charge in [-0.25, -0.2) is 4.39 Å². The molecule has 0 radical (unpaired) electrons. The first-order valence-corrected chi connectivity index (χ1v) is 8.02. The summed E-state index contributed by atoms with van der Waals surface area (Å²) in [5.74, 6) is -0.559. The summed E-state index contributed by atoms with van der Waals surface area (Å²) in [5.41, 5.74) is 1.66. The Hall–Kier alpha value is -1.85. The zero-order valence-corrected chi connectivity index (χ0v) is 13.7. The second-order valence-corrected chi connectivity index (χ2v) is 6.25. The molecule has 1 aromatic heterocycles. The van der Waals surface area contributed by atoms with Crippen LogP contribution >= 0.6 is 11.6 Å². The fourth-order valence-corrected chi connectivity index (χ4v) is 3.35. The molecule has 1 aromatic carbocycles. The van der Waals surface area contributed by atoms with Crippen molar-refractivity contribution in [3.05, 3.63) is 53.1 Å². The van der Waals surface area contributed by atoms with Crippen LogP contribution in [0.25, 0.3) is 0 Å². The number of benzene rings is 1. The van der Waals surface area contributed by atoms with Gasteiger partial charge in [-0.1, -0.05) is 11.6 Å². The second-order valence-electron chi connectivity index (χ2n) is 5.84. The number of aromatic nitrogens is 1. The molecule has 0 bridgehead atoms. The summed E-state index contributed by atoms with van der Waals surface area (Å²) in [6, 6.07) is 8.32. The zero-order chi connectivity index (χ0) is 16.4. The smallest absolute Gasteiger partial charge is 0.238 e. The average Bonchev–Trinajstić information content (AvgIpc) is 3.10. The molecule has 0 unspecified atom stereocenters. The van der Waals surface area contributed by atoms with Crippen LogP contribution in [0.5, 0.6) is 0 Å². The lowest BCUT2D eigenvalue weighted by atomic mass is 10.1. The molecule has 3 rings (SSSR count). The number of nitrogens with one attached hydrogen (secondary N) is 1. The molecule has 6 heteroatoms. The van der Waals surface area contributed by atoms with Gasteiger partial charge in [-0.15, -0.1) is 0 Å². The molecule has 1 amide bonds. The van der Waals surface area contributed by atoms with Crippen LogP contribution in [0.4, 0.5) is 10.1 Å². The topological polar surface area (TPSA) is 37.3 Å². The first-order chi connectivity index (χ1) is 11.0. The predicted octanol–water partition coefficient (Wildman–Crippen LogP) is 3.59. The van der Waals surface area contributed by atoms with E-state index < -0.39 is 5.82 Å². The van der Waals surface area contributed by atoms with Gasteiger partial charge in [0.1, 0.15) is 5.82 Å². The summed E-state index contributed by atoms with van der Waals surface area (Å²) >= 11 is 5.95. The minimum atomic E-state index is -0.420. The highest BCUT2D eigenvalue weighted by Crippen LogP contribution is 2.31. The third kappa shape index (κ3) is 3.57. The van der Waals surface area contributed by atoms with Crippen LogP contribution in [-0.4, -0.2) is 28.5 Å². The van der Waals surface area contributed by atoms with E-state index in [1.807, 2.05) is 19.3 Å². The predicted molar refractivity (Wildman–Crippen MR) is 89.0 cm³/mol. The number of carbonyl (C=O) groups excluding carboxylic acids is 1. The standard InChI is InChI=1S/C17H19ClFN3O/c1-21-8-2-4-15(21)16-5-3-9-22(16)11-17(23)20-14-7-6-12(19)10-13(14)18/h2,4,6-8,10,16H,3,5,9,11H2,1H3,(H,20,23)/t16-/m0/s1. The molecule has 1 aliphatic rings. The average molecular weight is 336 g/mol. The number of hydrogen-bond acceptors (Lipinski definition) is 2. The maximum Gasteiger partial charge on any atom is 0.238 e. The minimum Gasteiger partial charge on any atom is -0.353 e. The van der Waals surface area contributed by atoms with E-state index in [4.69, 9.17) is 11.6 Å². The van der Waals surface area contributed by atoms with E-state index in [0.717, 1.165) is 19.4 Å². The van der Waals surface area contributed by atoms with Crippen molar-refractivity contribution in [1.82, 2.24) is 9.47 Å².